The Hall–Kier alpha value is -3.52. The molecule has 4 rings (SSSR count). The summed E-state index contributed by atoms with van der Waals surface area (Å²) in [6, 6.07) is 11.6. The second-order valence-corrected chi connectivity index (χ2v) is 9.58. The van der Waals surface area contributed by atoms with Crippen LogP contribution in [0.2, 0.25) is 0 Å². The second-order valence-electron chi connectivity index (χ2n) is 8.58. The summed E-state index contributed by atoms with van der Waals surface area (Å²) in [5, 5.41) is 0.305. The van der Waals surface area contributed by atoms with Crippen LogP contribution in [-0.4, -0.2) is 33.0 Å². The second kappa shape index (κ2) is 9.62. The highest BCUT2D eigenvalue weighted by Crippen LogP contribution is 2.30. The van der Waals surface area contributed by atoms with Gasteiger partial charge in [0, 0.05) is 18.7 Å². The average Bonchev–Trinajstić information content (AvgIpc) is 3.18. The van der Waals surface area contributed by atoms with Crippen LogP contribution in [0.25, 0.3) is 15.9 Å². The molecular weight excluding hydrogens is 465 g/mol. The molecule has 0 aliphatic rings. The van der Waals surface area contributed by atoms with Gasteiger partial charge in [0.05, 0.1) is 22.5 Å². The van der Waals surface area contributed by atoms with Crippen LogP contribution in [0.5, 0.6) is 0 Å². The van der Waals surface area contributed by atoms with Gasteiger partial charge in [-0.2, -0.15) is 0 Å². The summed E-state index contributed by atoms with van der Waals surface area (Å²) in [6.45, 7) is 10.4. The van der Waals surface area contributed by atoms with Gasteiger partial charge in [-0.3, -0.25) is 14.2 Å². The van der Waals surface area contributed by atoms with Crippen LogP contribution in [0, 0.1) is 26.6 Å². The quantitative estimate of drug-likeness (QED) is 0.387. The minimum absolute atomic E-state index is 0.0635. The fourth-order valence-electron chi connectivity index (χ4n) is 4.23. The summed E-state index contributed by atoms with van der Waals surface area (Å²) in [5.41, 5.74) is 2.22. The lowest BCUT2D eigenvalue weighted by Crippen LogP contribution is -2.39. The van der Waals surface area contributed by atoms with Crippen LogP contribution >= 0.6 is 11.3 Å². The van der Waals surface area contributed by atoms with Gasteiger partial charge in [0.15, 0.2) is 0 Å². The molecule has 0 radical (unpaired) electrons. The molecule has 2 heterocycles. The molecule has 0 N–H and O–H groups in total. The van der Waals surface area contributed by atoms with E-state index in [1.54, 1.807) is 42.2 Å². The van der Waals surface area contributed by atoms with Gasteiger partial charge in [-0.05, 0) is 69.5 Å². The highest BCUT2D eigenvalue weighted by molar-refractivity contribution is 7.20. The zero-order chi connectivity index (χ0) is 25.4. The normalized spacial score (nSPS) is 11.3. The third kappa shape index (κ3) is 4.23. The lowest BCUT2D eigenvalue weighted by atomic mass is 10.1. The molecule has 0 aliphatic heterocycles. The summed E-state index contributed by atoms with van der Waals surface area (Å²) in [7, 11) is 0. The van der Waals surface area contributed by atoms with E-state index in [1.807, 2.05) is 33.8 Å². The molecule has 1 amide bonds. The number of amides is 1. The number of nitrogens with zero attached hydrogens (tertiary/aromatic N) is 3. The zero-order valence-corrected chi connectivity index (χ0v) is 21.3. The number of halogens is 1. The van der Waals surface area contributed by atoms with Crippen molar-refractivity contribution in [2.24, 2.45) is 0 Å². The molecular formula is C27H28FN3O3S. The van der Waals surface area contributed by atoms with E-state index in [0.717, 1.165) is 27.0 Å². The monoisotopic (exact) mass is 493 g/mol. The zero-order valence-electron chi connectivity index (χ0n) is 20.5. The Labute approximate surface area is 206 Å². The topological polar surface area (TPSA) is 64.3 Å². The number of aryl methyl sites for hydroxylation is 3. The Morgan fingerprint density at radius 2 is 1.69 bits per heavy atom. The molecule has 6 nitrogen and oxygen atoms in total. The molecule has 0 fully saturated rings. The first kappa shape index (κ1) is 24.6. The summed E-state index contributed by atoms with van der Waals surface area (Å²) in [6.07, 6.45) is 0. The molecule has 0 aliphatic carbocycles. The van der Waals surface area contributed by atoms with E-state index in [2.05, 4.69) is 0 Å². The SMILES string of the molecule is CCN(CC)C(=O)c1sc2c(c1C)c(=O)n(-c1ccc(C)c(C)c1)c(=O)n2Cc1ccccc1F. The Morgan fingerprint density at radius 3 is 2.31 bits per heavy atom. The number of hydrogen-bond donors (Lipinski definition) is 0. The third-order valence-corrected chi connectivity index (χ3v) is 7.80. The predicted molar refractivity (Wildman–Crippen MR) is 139 cm³/mol. The minimum Gasteiger partial charge on any atom is -0.338 e. The van der Waals surface area contributed by atoms with Crippen LogP contribution in [0.15, 0.2) is 52.1 Å². The average molecular weight is 494 g/mol. The van der Waals surface area contributed by atoms with Crippen LogP contribution in [0.4, 0.5) is 4.39 Å². The number of thiophene rings is 1. The van der Waals surface area contributed by atoms with E-state index in [9.17, 15) is 18.8 Å². The van der Waals surface area contributed by atoms with Gasteiger partial charge in [-0.1, -0.05) is 24.3 Å². The van der Waals surface area contributed by atoms with E-state index in [1.165, 1.54) is 10.6 Å². The highest BCUT2D eigenvalue weighted by Gasteiger charge is 2.26. The number of fused-ring (bicyclic) bond motifs is 1. The maximum atomic E-state index is 14.6. The number of carbonyl (C=O) groups is 1. The van der Waals surface area contributed by atoms with E-state index < -0.39 is 17.1 Å². The number of hydrogen-bond acceptors (Lipinski definition) is 4. The molecule has 0 atom stereocenters. The first-order valence-electron chi connectivity index (χ1n) is 11.6. The standard InChI is InChI=1S/C27H28FN3O3S/c1-6-29(7-2)25(33)23-18(5)22-24(32)31(20-13-12-16(3)17(4)14-20)27(34)30(26(22)35-23)15-19-10-8-9-11-21(19)28/h8-14H,6-7,15H2,1-5H3. The van der Waals surface area contributed by atoms with Crippen LogP contribution in [0.1, 0.15) is 45.8 Å². The fourth-order valence-corrected chi connectivity index (χ4v) is 5.49. The first-order chi connectivity index (χ1) is 16.7. The fraction of sp³-hybridized carbons (Fsp3) is 0.296. The van der Waals surface area contributed by atoms with Crippen LogP contribution in [0.3, 0.4) is 0 Å². The van der Waals surface area contributed by atoms with Crippen molar-refractivity contribution in [3.63, 3.8) is 0 Å². The lowest BCUT2D eigenvalue weighted by molar-refractivity contribution is 0.0777. The van der Waals surface area contributed by atoms with Crippen molar-refractivity contribution < 1.29 is 9.18 Å². The molecule has 0 saturated carbocycles. The maximum Gasteiger partial charge on any atom is 0.337 e. The van der Waals surface area contributed by atoms with Gasteiger partial charge in [0.1, 0.15) is 10.6 Å². The summed E-state index contributed by atoms with van der Waals surface area (Å²) >= 11 is 1.12. The molecule has 8 heteroatoms. The van der Waals surface area contributed by atoms with E-state index in [-0.39, 0.29) is 12.5 Å². The Balaban J connectivity index is 2.08. The van der Waals surface area contributed by atoms with Gasteiger partial charge in [0.25, 0.3) is 11.5 Å². The molecule has 0 unspecified atom stereocenters. The van der Waals surface area contributed by atoms with E-state index in [4.69, 9.17) is 0 Å². The molecule has 0 spiro atoms. The van der Waals surface area contributed by atoms with Crippen molar-refractivity contribution in [3.05, 3.63) is 96.3 Å². The molecule has 35 heavy (non-hydrogen) atoms. The third-order valence-electron chi connectivity index (χ3n) is 6.49. The predicted octanol–water partition coefficient (Wildman–Crippen LogP) is 4.81. The van der Waals surface area contributed by atoms with Gasteiger partial charge >= 0.3 is 5.69 Å². The summed E-state index contributed by atoms with van der Waals surface area (Å²) < 4.78 is 17.1. The van der Waals surface area contributed by atoms with Crippen molar-refractivity contribution in [2.45, 2.75) is 41.2 Å². The molecule has 4 aromatic rings. The summed E-state index contributed by atoms with van der Waals surface area (Å²) in [5.74, 6) is -0.625. The van der Waals surface area contributed by atoms with Gasteiger partial charge in [0.2, 0.25) is 0 Å². The first-order valence-corrected chi connectivity index (χ1v) is 12.4. The van der Waals surface area contributed by atoms with E-state index >= 15 is 0 Å². The van der Waals surface area contributed by atoms with Crippen LogP contribution < -0.4 is 11.2 Å². The van der Waals surface area contributed by atoms with E-state index in [0.29, 0.717) is 45.0 Å². The smallest absolute Gasteiger partial charge is 0.337 e. The Bertz CT molecular complexity index is 1560. The maximum absolute atomic E-state index is 14.6. The number of benzene rings is 2. The lowest BCUT2D eigenvalue weighted by Gasteiger charge is -2.17. The molecule has 0 bridgehead atoms. The largest absolute Gasteiger partial charge is 0.338 e. The van der Waals surface area contributed by atoms with Gasteiger partial charge < -0.3 is 4.90 Å². The van der Waals surface area contributed by atoms with Crippen molar-refractivity contribution in [3.8, 4) is 5.69 Å². The number of rotatable bonds is 6. The van der Waals surface area contributed by atoms with Crippen LogP contribution in [-0.2, 0) is 6.54 Å². The van der Waals surface area contributed by atoms with Crippen molar-refractivity contribution in [1.82, 2.24) is 14.0 Å². The Kier molecular flexibility index (Phi) is 6.76. The molecule has 0 saturated heterocycles. The highest BCUT2D eigenvalue weighted by atomic mass is 32.1. The summed E-state index contributed by atoms with van der Waals surface area (Å²) in [4.78, 5) is 43.2. The van der Waals surface area contributed by atoms with Gasteiger partial charge in [-0.15, -0.1) is 11.3 Å². The minimum atomic E-state index is -0.572. The van der Waals surface area contributed by atoms with Crippen molar-refractivity contribution >= 4 is 27.5 Å². The number of carbonyl (C=O) groups excluding carboxylic acids is 1. The molecule has 2 aromatic heterocycles. The van der Waals surface area contributed by atoms with Gasteiger partial charge in [-0.25, -0.2) is 13.8 Å². The molecule has 2 aromatic carbocycles. The number of aromatic nitrogens is 2. The Morgan fingerprint density at radius 1 is 1.00 bits per heavy atom. The van der Waals surface area contributed by atoms with Crippen molar-refractivity contribution in [1.29, 1.82) is 0 Å². The van der Waals surface area contributed by atoms with Crippen molar-refractivity contribution in [2.75, 3.05) is 13.1 Å². The molecule has 182 valence electrons.